The fourth-order valence-electron chi connectivity index (χ4n) is 4.57. The van der Waals surface area contributed by atoms with E-state index in [4.69, 9.17) is 0 Å². The third-order valence-electron chi connectivity index (χ3n) is 6.61. The van der Waals surface area contributed by atoms with Crippen LogP contribution in [0.25, 0.3) is 11.1 Å². The van der Waals surface area contributed by atoms with Crippen LogP contribution in [0.4, 0.5) is 0 Å². The van der Waals surface area contributed by atoms with E-state index in [1.54, 1.807) is 35.0 Å². The van der Waals surface area contributed by atoms with Crippen molar-refractivity contribution in [3.05, 3.63) is 131 Å². The van der Waals surface area contributed by atoms with Crippen LogP contribution in [0.3, 0.4) is 0 Å². The van der Waals surface area contributed by atoms with Gasteiger partial charge in [0, 0.05) is 37.8 Å². The van der Waals surface area contributed by atoms with Crippen LogP contribution < -0.4 is 0 Å². The number of carboxylic acids is 1. The smallest absolute Gasteiger partial charge is 0.305 e. The predicted molar refractivity (Wildman–Crippen MR) is 152 cm³/mol. The lowest BCUT2D eigenvalue weighted by molar-refractivity contribution is -0.137. The Hall–Kier alpha value is -4.71. The molecule has 6 heteroatoms. The Balaban J connectivity index is 1.64. The standard InChI is InChI=1S/C33H32N2O4/c1-34(24-26-14-6-3-7-15-26)32(38)29-18-10-8-16-27(29)28-17-9-11-19-30(28)33(39)35(23-21-31(36)37)22-20-25-12-4-2-5-13-25/h2-19H,20-24H2,1H3,(H,36,37). The number of hydrogen-bond acceptors (Lipinski definition) is 3. The van der Waals surface area contributed by atoms with E-state index in [1.165, 1.54) is 0 Å². The lowest BCUT2D eigenvalue weighted by Gasteiger charge is -2.24. The van der Waals surface area contributed by atoms with Crippen LogP contribution in [0.15, 0.2) is 109 Å². The molecule has 4 aromatic rings. The number of carboxylic acid groups (broad SMARTS) is 1. The third-order valence-corrected chi connectivity index (χ3v) is 6.61. The summed E-state index contributed by atoms with van der Waals surface area (Å²) in [4.78, 5) is 42.0. The lowest BCUT2D eigenvalue weighted by atomic mass is 9.94. The largest absolute Gasteiger partial charge is 0.481 e. The van der Waals surface area contributed by atoms with Crippen molar-refractivity contribution in [3.8, 4) is 11.1 Å². The quantitative estimate of drug-likeness (QED) is 0.272. The first-order valence-corrected chi connectivity index (χ1v) is 13.0. The average molecular weight is 521 g/mol. The van der Waals surface area contributed by atoms with Crippen molar-refractivity contribution in [1.82, 2.24) is 9.80 Å². The highest BCUT2D eigenvalue weighted by Crippen LogP contribution is 2.29. The van der Waals surface area contributed by atoms with Crippen LogP contribution >= 0.6 is 0 Å². The molecule has 1 N–H and O–H groups in total. The maximum absolute atomic E-state index is 13.9. The molecule has 198 valence electrons. The van der Waals surface area contributed by atoms with Crippen LogP contribution in [0, 0.1) is 0 Å². The Morgan fingerprint density at radius 2 is 1.10 bits per heavy atom. The third kappa shape index (κ3) is 7.20. The molecule has 0 heterocycles. The summed E-state index contributed by atoms with van der Waals surface area (Å²) in [5, 5.41) is 9.31. The Bertz CT molecular complexity index is 1420. The molecule has 4 aromatic carbocycles. The maximum Gasteiger partial charge on any atom is 0.305 e. The van der Waals surface area contributed by atoms with E-state index in [0.29, 0.717) is 41.8 Å². The molecule has 0 aliphatic carbocycles. The van der Waals surface area contributed by atoms with Crippen LogP contribution in [-0.2, 0) is 17.8 Å². The zero-order chi connectivity index (χ0) is 27.6. The van der Waals surface area contributed by atoms with Gasteiger partial charge in [0.1, 0.15) is 0 Å². The summed E-state index contributed by atoms with van der Waals surface area (Å²) < 4.78 is 0. The summed E-state index contributed by atoms with van der Waals surface area (Å²) in [5.41, 5.74) is 4.32. The van der Waals surface area contributed by atoms with Crippen molar-refractivity contribution in [2.45, 2.75) is 19.4 Å². The van der Waals surface area contributed by atoms with E-state index < -0.39 is 5.97 Å². The highest BCUT2D eigenvalue weighted by molar-refractivity contribution is 6.06. The molecule has 0 bridgehead atoms. The number of carbonyl (C=O) groups is 3. The van der Waals surface area contributed by atoms with Crippen LogP contribution in [0.5, 0.6) is 0 Å². The van der Waals surface area contributed by atoms with Crippen molar-refractivity contribution < 1.29 is 19.5 Å². The Labute approximate surface area is 229 Å². The number of rotatable bonds is 11. The molecule has 6 nitrogen and oxygen atoms in total. The molecule has 4 rings (SSSR count). The minimum Gasteiger partial charge on any atom is -0.481 e. The summed E-state index contributed by atoms with van der Waals surface area (Å²) in [6.07, 6.45) is 0.454. The van der Waals surface area contributed by atoms with E-state index in [9.17, 15) is 19.5 Å². The van der Waals surface area contributed by atoms with Gasteiger partial charge in [-0.25, -0.2) is 0 Å². The molecule has 0 aliphatic heterocycles. The second kappa shape index (κ2) is 13.2. The molecule has 0 radical (unpaired) electrons. The van der Waals surface area contributed by atoms with E-state index in [0.717, 1.165) is 11.1 Å². The number of amides is 2. The molecule has 0 saturated carbocycles. The van der Waals surface area contributed by atoms with Crippen LogP contribution in [0.2, 0.25) is 0 Å². The van der Waals surface area contributed by atoms with Gasteiger partial charge in [-0.05, 0) is 40.8 Å². The summed E-state index contributed by atoms with van der Waals surface area (Å²) in [6, 6.07) is 34.1. The highest BCUT2D eigenvalue weighted by atomic mass is 16.4. The van der Waals surface area contributed by atoms with Gasteiger partial charge in [0.25, 0.3) is 11.8 Å². The molecule has 0 fully saturated rings. The number of aliphatic carboxylic acids is 1. The SMILES string of the molecule is CN(Cc1ccccc1)C(=O)c1ccccc1-c1ccccc1C(=O)N(CCC(=O)O)CCc1ccccc1. The molecular formula is C33H32N2O4. The topological polar surface area (TPSA) is 77.9 Å². The van der Waals surface area contributed by atoms with Crippen LogP contribution in [-0.4, -0.2) is 52.8 Å². The lowest BCUT2D eigenvalue weighted by Crippen LogP contribution is -2.35. The highest BCUT2D eigenvalue weighted by Gasteiger charge is 2.23. The summed E-state index contributed by atoms with van der Waals surface area (Å²) in [7, 11) is 1.76. The number of carbonyl (C=O) groups excluding carboxylic acids is 2. The molecule has 2 amide bonds. The van der Waals surface area contributed by atoms with Crippen molar-refractivity contribution in [3.63, 3.8) is 0 Å². The monoisotopic (exact) mass is 520 g/mol. The maximum atomic E-state index is 13.9. The van der Waals surface area contributed by atoms with E-state index in [2.05, 4.69) is 0 Å². The number of nitrogens with zero attached hydrogens (tertiary/aromatic N) is 2. The normalized spacial score (nSPS) is 10.6. The first-order valence-electron chi connectivity index (χ1n) is 13.0. The predicted octanol–water partition coefficient (Wildman–Crippen LogP) is 5.79. The molecule has 0 spiro atoms. The van der Waals surface area contributed by atoms with Crippen molar-refractivity contribution in [2.24, 2.45) is 0 Å². The van der Waals surface area contributed by atoms with Crippen LogP contribution in [0.1, 0.15) is 38.3 Å². The zero-order valence-electron chi connectivity index (χ0n) is 22.0. The fraction of sp³-hybridized carbons (Fsp3) is 0.182. The summed E-state index contributed by atoms with van der Waals surface area (Å²) in [5.74, 6) is -1.37. The van der Waals surface area contributed by atoms with Crippen molar-refractivity contribution in [2.75, 3.05) is 20.1 Å². The fourth-order valence-corrected chi connectivity index (χ4v) is 4.57. The number of benzene rings is 4. The second-order valence-corrected chi connectivity index (χ2v) is 9.41. The minimum atomic E-state index is -0.960. The molecule has 0 aromatic heterocycles. The van der Waals surface area contributed by atoms with Gasteiger partial charge in [-0.15, -0.1) is 0 Å². The number of hydrogen-bond donors (Lipinski definition) is 1. The second-order valence-electron chi connectivity index (χ2n) is 9.41. The molecule has 0 saturated heterocycles. The molecule has 39 heavy (non-hydrogen) atoms. The van der Waals surface area contributed by atoms with Gasteiger partial charge in [0.05, 0.1) is 6.42 Å². The van der Waals surface area contributed by atoms with E-state index in [1.807, 2.05) is 91.0 Å². The summed E-state index contributed by atoms with van der Waals surface area (Å²) in [6.45, 7) is 0.928. The first kappa shape index (κ1) is 27.3. The van der Waals surface area contributed by atoms with Crippen molar-refractivity contribution in [1.29, 1.82) is 0 Å². The van der Waals surface area contributed by atoms with Gasteiger partial charge in [-0.3, -0.25) is 14.4 Å². The van der Waals surface area contributed by atoms with Gasteiger partial charge >= 0.3 is 5.97 Å². The Morgan fingerprint density at radius 3 is 1.67 bits per heavy atom. The minimum absolute atomic E-state index is 0.0930. The summed E-state index contributed by atoms with van der Waals surface area (Å²) >= 11 is 0. The van der Waals surface area contributed by atoms with E-state index >= 15 is 0 Å². The molecule has 0 unspecified atom stereocenters. The van der Waals surface area contributed by atoms with Gasteiger partial charge in [0.2, 0.25) is 0 Å². The van der Waals surface area contributed by atoms with Gasteiger partial charge < -0.3 is 14.9 Å². The van der Waals surface area contributed by atoms with Gasteiger partial charge in [-0.1, -0.05) is 97.1 Å². The van der Waals surface area contributed by atoms with Gasteiger partial charge in [-0.2, -0.15) is 0 Å². The molecule has 0 atom stereocenters. The Kier molecular flexibility index (Phi) is 9.25. The van der Waals surface area contributed by atoms with Crippen molar-refractivity contribution >= 4 is 17.8 Å². The first-order chi connectivity index (χ1) is 18.9. The van der Waals surface area contributed by atoms with Gasteiger partial charge in [0.15, 0.2) is 0 Å². The molecular weight excluding hydrogens is 488 g/mol. The Morgan fingerprint density at radius 1 is 0.615 bits per heavy atom. The van der Waals surface area contributed by atoms with E-state index in [-0.39, 0.29) is 24.8 Å². The zero-order valence-corrected chi connectivity index (χ0v) is 22.0. The average Bonchev–Trinajstić information content (AvgIpc) is 2.97. The molecule has 0 aliphatic rings.